The lowest BCUT2D eigenvalue weighted by Gasteiger charge is -2.32. The highest BCUT2D eigenvalue weighted by atomic mass is 35.5. The fraction of sp³-hybridized carbons (Fsp3) is 0.435. The highest BCUT2D eigenvalue weighted by molar-refractivity contribution is 6.32. The Morgan fingerprint density at radius 3 is 2.53 bits per heavy atom. The summed E-state index contributed by atoms with van der Waals surface area (Å²) in [6, 6.07) is 13.2. The van der Waals surface area contributed by atoms with E-state index in [0.717, 1.165) is 49.6 Å². The number of ether oxygens (including phenoxy) is 1. The Bertz CT molecular complexity index is 852. The number of nitrogens with zero attached hydrogens (tertiary/aromatic N) is 2. The van der Waals surface area contributed by atoms with Gasteiger partial charge in [-0.25, -0.2) is 0 Å². The van der Waals surface area contributed by atoms with Crippen molar-refractivity contribution in [3.63, 3.8) is 0 Å². The Morgan fingerprint density at radius 2 is 1.87 bits per heavy atom. The van der Waals surface area contributed by atoms with Crippen molar-refractivity contribution in [2.75, 3.05) is 40.3 Å². The van der Waals surface area contributed by atoms with Crippen LogP contribution in [-0.2, 0) is 6.54 Å². The van der Waals surface area contributed by atoms with Gasteiger partial charge in [-0.3, -0.25) is 9.69 Å². The normalized spacial score (nSPS) is 15.4. The van der Waals surface area contributed by atoms with Gasteiger partial charge in [0.15, 0.2) is 0 Å². The van der Waals surface area contributed by atoms with E-state index in [9.17, 15) is 4.79 Å². The molecule has 0 aliphatic carbocycles. The van der Waals surface area contributed by atoms with Gasteiger partial charge in [-0.2, -0.15) is 0 Å². The first-order valence-electron chi connectivity index (χ1n) is 10.3. The molecule has 1 aliphatic rings. The molecule has 1 aliphatic heterocycles. The molecule has 0 aromatic heterocycles. The standard InChI is InChI=1S/C23H29Cl2N3O2/c1-27(2)14-11-26-23(29)17-7-8-22(21(25)15-17)30-19-9-12-28(13-10-19)16-18-5-3-4-6-20(18)24/h3-8,15,19H,9-14,16H2,1-2H3,(H,26,29). The molecule has 0 saturated carbocycles. The maximum absolute atomic E-state index is 12.2. The quantitative estimate of drug-likeness (QED) is 0.651. The average Bonchev–Trinajstić information content (AvgIpc) is 2.72. The van der Waals surface area contributed by atoms with Crippen LogP contribution in [0.5, 0.6) is 5.75 Å². The smallest absolute Gasteiger partial charge is 0.251 e. The van der Waals surface area contributed by atoms with Crippen LogP contribution < -0.4 is 10.1 Å². The van der Waals surface area contributed by atoms with Gasteiger partial charge in [0, 0.05) is 43.3 Å². The number of halogens is 2. The minimum Gasteiger partial charge on any atom is -0.489 e. The number of likely N-dealkylation sites (tertiary alicyclic amines) is 1. The summed E-state index contributed by atoms with van der Waals surface area (Å²) in [5.74, 6) is 0.504. The van der Waals surface area contributed by atoms with E-state index in [1.54, 1.807) is 18.2 Å². The third kappa shape index (κ3) is 6.61. The SMILES string of the molecule is CN(C)CCNC(=O)c1ccc(OC2CCN(Cc3ccccc3Cl)CC2)c(Cl)c1. The van der Waals surface area contributed by atoms with Crippen molar-refractivity contribution in [2.45, 2.75) is 25.5 Å². The number of hydrogen-bond acceptors (Lipinski definition) is 4. The van der Waals surface area contributed by atoms with Crippen molar-refractivity contribution in [3.05, 3.63) is 63.6 Å². The molecule has 1 fully saturated rings. The van der Waals surface area contributed by atoms with E-state index in [-0.39, 0.29) is 12.0 Å². The van der Waals surface area contributed by atoms with Crippen molar-refractivity contribution in [3.8, 4) is 5.75 Å². The number of likely N-dealkylation sites (N-methyl/N-ethyl adjacent to an activating group) is 1. The molecular weight excluding hydrogens is 421 g/mol. The Kier molecular flexibility index (Phi) is 8.40. The highest BCUT2D eigenvalue weighted by Gasteiger charge is 2.22. The van der Waals surface area contributed by atoms with Crippen LogP contribution >= 0.6 is 23.2 Å². The lowest BCUT2D eigenvalue weighted by Crippen LogP contribution is -2.37. The third-order valence-corrected chi connectivity index (χ3v) is 5.88. The number of benzene rings is 2. The van der Waals surface area contributed by atoms with Crippen LogP contribution in [-0.4, -0.2) is 62.1 Å². The maximum atomic E-state index is 12.2. The van der Waals surface area contributed by atoms with E-state index in [2.05, 4.69) is 16.3 Å². The van der Waals surface area contributed by atoms with Crippen LogP contribution in [0, 0.1) is 0 Å². The number of nitrogens with one attached hydrogen (secondary N) is 1. The second-order valence-electron chi connectivity index (χ2n) is 7.89. The molecule has 1 amide bonds. The Labute approximate surface area is 188 Å². The lowest BCUT2D eigenvalue weighted by atomic mass is 10.1. The molecule has 162 valence electrons. The van der Waals surface area contributed by atoms with Crippen LogP contribution in [0.1, 0.15) is 28.8 Å². The molecule has 0 spiro atoms. The Hall–Kier alpha value is -1.79. The zero-order valence-corrected chi connectivity index (χ0v) is 19.0. The summed E-state index contributed by atoms with van der Waals surface area (Å²) in [4.78, 5) is 16.7. The molecule has 0 bridgehead atoms. The number of carbonyl (C=O) groups excluding carboxylic acids is 1. The van der Waals surface area contributed by atoms with E-state index in [1.165, 1.54) is 0 Å². The first-order chi connectivity index (χ1) is 14.4. The number of amides is 1. The molecule has 7 heteroatoms. The summed E-state index contributed by atoms with van der Waals surface area (Å²) >= 11 is 12.7. The predicted molar refractivity (Wildman–Crippen MR) is 123 cm³/mol. The van der Waals surface area contributed by atoms with Gasteiger partial charge in [-0.15, -0.1) is 0 Å². The van der Waals surface area contributed by atoms with Gasteiger partial charge >= 0.3 is 0 Å². The van der Waals surface area contributed by atoms with Crippen molar-refractivity contribution in [1.29, 1.82) is 0 Å². The van der Waals surface area contributed by atoms with Crippen LogP contribution in [0.15, 0.2) is 42.5 Å². The van der Waals surface area contributed by atoms with Gasteiger partial charge < -0.3 is 15.0 Å². The third-order valence-electron chi connectivity index (χ3n) is 5.22. The summed E-state index contributed by atoms with van der Waals surface area (Å²) in [5, 5.41) is 4.17. The molecule has 1 heterocycles. The number of carbonyl (C=O) groups is 1. The number of hydrogen-bond donors (Lipinski definition) is 1. The van der Waals surface area contributed by atoms with Gasteiger partial charge in [-0.1, -0.05) is 41.4 Å². The molecule has 1 N–H and O–H groups in total. The maximum Gasteiger partial charge on any atom is 0.251 e. The van der Waals surface area contributed by atoms with E-state index < -0.39 is 0 Å². The fourth-order valence-corrected chi connectivity index (χ4v) is 3.89. The van der Waals surface area contributed by atoms with Crippen LogP contribution in [0.4, 0.5) is 0 Å². The van der Waals surface area contributed by atoms with Crippen molar-refractivity contribution < 1.29 is 9.53 Å². The van der Waals surface area contributed by atoms with Crippen molar-refractivity contribution in [2.24, 2.45) is 0 Å². The van der Waals surface area contributed by atoms with Gasteiger partial charge in [0.1, 0.15) is 11.9 Å². The molecule has 0 atom stereocenters. The van der Waals surface area contributed by atoms with E-state index >= 15 is 0 Å². The minimum atomic E-state index is -0.127. The topological polar surface area (TPSA) is 44.8 Å². The van der Waals surface area contributed by atoms with Crippen LogP contribution in [0.25, 0.3) is 0 Å². The largest absolute Gasteiger partial charge is 0.489 e. The number of rotatable bonds is 8. The van der Waals surface area contributed by atoms with Crippen LogP contribution in [0.2, 0.25) is 10.0 Å². The summed E-state index contributed by atoms with van der Waals surface area (Å²) in [6.45, 7) is 4.12. The molecule has 30 heavy (non-hydrogen) atoms. The molecule has 2 aromatic rings. The molecule has 0 radical (unpaired) electrons. The highest BCUT2D eigenvalue weighted by Crippen LogP contribution is 2.29. The predicted octanol–water partition coefficient (Wildman–Crippen LogP) is 4.33. The molecule has 5 nitrogen and oxygen atoms in total. The molecule has 0 unspecified atom stereocenters. The zero-order chi connectivity index (χ0) is 21.5. The molecule has 1 saturated heterocycles. The van der Waals surface area contributed by atoms with Gasteiger partial charge in [-0.05, 0) is 56.8 Å². The van der Waals surface area contributed by atoms with Gasteiger partial charge in [0.2, 0.25) is 0 Å². The lowest BCUT2D eigenvalue weighted by molar-refractivity contribution is 0.0948. The monoisotopic (exact) mass is 449 g/mol. The molecule has 2 aromatic carbocycles. The average molecular weight is 450 g/mol. The first kappa shape index (κ1) is 22.9. The summed E-state index contributed by atoms with van der Waals surface area (Å²) in [7, 11) is 3.94. The second kappa shape index (κ2) is 11.0. The second-order valence-corrected chi connectivity index (χ2v) is 8.70. The van der Waals surface area contributed by atoms with Gasteiger partial charge in [0.05, 0.1) is 5.02 Å². The van der Waals surface area contributed by atoms with E-state index in [0.29, 0.717) is 22.9 Å². The van der Waals surface area contributed by atoms with E-state index in [1.807, 2.05) is 37.2 Å². The minimum absolute atomic E-state index is 0.116. The molecule has 3 rings (SSSR count). The summed E-state index contributed by atoms with van der Waals surface area (Å²) < 4.78 is 6.13. The fourth-order valence-electron chi connectivity index (χ4n) is 3.47. The Morgan fingerprint density at radius 1 is 1.13 bits per heavy atom. The number of piperidine rings is 1. The first-order valence-corrected chi connectivity index (χ1v) is 11.0. The molecular formula is C23H29Cl2N3O2. The zero-order valence-electron chi connectivity index (χ0n) is 17.5. The Balaban J connectivity index is 1.49. The summed E-state index contributed by atoms with van der Waals surface area (Å²) in [6.07, 6.45) is 1.96. The summed E-state index contributed by atoms with van der Waals surface area (Å²) in [5.41, 5.74) is 1.70. The van der Waals surface area contributed by atoms with E-state index in [4.69, 9.17) is 27.9 Å². The van der Waals surface area contributed by atoms with Gasteiger partial charge in [0.25, 0.3) is 5.91 Å². The van der Waals surface area contributed by atoms with Crippen LogP contribution in [0.3, 0.4) is 0 Å². The van der Waals surface area contributed by atoms with Crippen molar-refractivity contribution >= 4 is 29.1 Å². The van der Waals surface area contributed by atoms with Crippen molar-refractivity contribution in [1.82, 2.24) is 15.1 Å².